The van der Waals surface area contributed by atoms with Crippen LogP contribution in [0.25, 0.3) is 0 Å². The molecule has 1 rings (SSSR count). The monoisotopic (exact) mass is 171 g/mol. The molecule has 70 valence electrons. The summed E-state index contributed by atoms with van der Waals surface area (Å²) in [5.74, 6) is 0.154. The van der Waals surface area contributed by atoms with Gasteiger partial charge < -0.3 is 4.74 Å². The third-order valence-electron chi connectivity index (χ3n) is 2.06. The first-order valence-corrected chi connectivity index (χ1v) is 4.29. The van der Waals surface area contributed by atoms with E-state index in [1.807, 2.05) is 0 Å². The van der Waals surface area contributed by atoms with Gasteiger partial charge in [-0.3, -0.25) is 10.1 Å². The van der Waals surface area contributed by atoms with Gasteiger partial charge in [0.15, 0.2) is 0 Å². The van der Waals surface area contributed by atoms with Crippen molar-refractivity contribution in [2.45, 2.75) is 40.0 Å². The highest BCUT2D eigenvalue weighted by atomic mass is 16.5. The molecule has 0 aromatic carbocycles. The van der Waals surface area contributed by atoms with Gasteiger partial charge in [-0.05, 0) is 6.92 Å². The van der Waals surface area contributed by atoms with E-state index in [9.17, 15) is 4.79 Å². The van der Waals surface area contributed by atoms with Gasteiger partial charge in [-0.1, -0.05) is 20.8 Å². The fourth-order valence-corrected chi connectivity index (χ4v) is 1.21. The average molecular weight is 171 g/mol. The Hall–Kier alpha value is -0.410. The molecule has 0 spiro atoms. The lowest BCUT2D eigenvalue weighted by molar-refractivity contribution is -0.118. The zero-order valence-corrected chi connectivity index (χ0v) is 8.18. The molecule has 0 aromatic heterocycles. The van der Waals surface area contributed by atoms with Crippen molar-refractivity contribution in [2.24, 2.45) is 5.41 Å². The molecule has 0 amide bonds. The highest BCUT2D eigenvalue weighted by Crippen LogP contribution is 2.24. The molecule has 3 heteroatoms. The zero-order valence-electron chi connectivity index (χ0n) is 8.18. The molecule has 0 aliphatic carbocycles. The van der Waals surface area contributed by atoms with Crippen molar-refractivity contribution in [1.82, 2.24) is 5.32 Å². The second-order valence-electron chi connectivity index (χ2n) is 4.41. The molecule has 3 nitrogen and oxygen atoms in total. The lowest BCUT2D eigenvalue weighted by Crippen LogP contribution is -2.42. The van der Waals surface area contributed by atoms with Crippen LogP contribution in [0.3, 0.4) is 0 Å². The van der Waals surface area contributed by atoms with Crippen LogP contribution in [0.1, 0.15) is 27.7 Å². The second-order valence-corrected chi connectivity index (χ2v) is 4.41. The second kappa shape index (κ2) is 3.15. The Balaban J connectivity index is 2.51. The minimum absolute atomic E-state index is 0.00593. The Morgan fingerprint density at radius 2 is 2.08 bits per heavy atom. The summed E-state index contributed by atoms with van der Waals surface area (Å²) in [6.07, 6.45) is 0.00593. The first kappa shape index (κ1) is 9.68. The minimum Gasteiger partial charge on any atom is -0.361 e. The van der Waals surface area contributed by atoms with E-state index in [2.05, 4.69) is 26.1 Å². The number of carbonyl (C=O) groups is 1. The largest absolute Gasteiger partial charge is 0.361 e. The molecule has 1 unspecified atom stereocenters. The van der Waals surface area contributed by atoms with E-state index < -0.39 is 0 Å². The smallest absolute Gasteiger partial charge is 0.149 e. The van der Waals surface area contributed by atoms with Gasteiger partial charge in [0.1, 0.15) is 12.0 Å². The molecule has 1 aliphatic heterocycles. The number of rotatable bonds is 1. The van der Waals surface area contributed by atoms with Crippen molar-refractivity contribution in [3.05, 3.63) is 0 Å². The maximum absolute atomic E-state index is 11.0. The van der Waals surface area contributed by atoms with E-state index >= 15 is 0 Å². The summed E-state index contributed by atoms with van der Waals surface area (Å²) in [6.45, 7) is 8.37. The van der Waals surface area contributed by atoms with Crippen molar-refractivity contribution in [1.29, 1.82) is 0 Å². The van der Waals surface area contributed by atoms with Gasteiger partial charge in [0.2, 0.25) is 0 Å². The van der Waals surface area contributed by atoms with E-state index in [0.717, 1.165) is 0 Å². The molecule has 1 heterocycles. The minimum atomic E-state index is -0.103. The van der Waals surface area contributed by atoms with Crippen LogP contribution in [0, 0.1) is 5.41 Å². The topological polar surface area (TPSA) is 38.3 Å². The van der Waals surface area contributed by atoms with E-state index in [0.29, 0.717) is 6.61 Å². The van der Waals surface area contributed by atoms with Gasteiger partial charge in [-0.25, -0.2) is 0 Å². The predicted molar refractivity (Wildman–Crippen MR) is 46.8 cm³/mol. The van der Waals surface area contributed by atoms with E-state index in [-0.39, 0.29) is 23.5 Å². The SMILES string of the molecule is CC(=O)[C@H]1COC(C(C)(C)C)N1. The van der Waals surface area contributed by atoms with E-state index in [4.69, 9.17) is 4.74 Å². The Labute approximate surface area is 73.5 Å². The molecule has 0 aromatic rings. The molecule has 0 saturated carbocycles. The number of carbonyl (C=O) groups excluding carboxylic acids is 1. The number of ketones is 1. The van der Waals surface area contributed by atoms with Crippen molar-refractivity contribution in [3.63, 3.8) is 0 Å². The molecule has 1 fully saturated rings. The summed E-state index contributed by atoms with van der Waals surface area (Å²) in [5, 5.41) is 3.16. The molecule has 12 heavy (non-hydrogen) atoms. The number of hydrogen-bond donors (Lipinski definition) is 1. The Bertz CT molecular complexity index is 183. The van der Waals surface area contributed by atoms with E-state index in [1.54, 1.807) is 6.92 Å². The Morgan fingerprint density at radius 3 is 2.33 bits per heavy atom. The molecule has 2 atom stereocenters. The predicted octanol–water partition coefficient (Wildman–Crippen LogP) is 0.936. The van der Waals surface area contributed by atoms with Gasteiger partial charge in [0.05, 0.1) is 12.6 Å². The summed E-state index contributed by atoms with van der Waals surface area (Å²) < 4.78 is 5.46. The first-order valence-electron chi connectivity index (χ1n) is 4.29. The Morgan fingerprint density at radius 1 is 1.50 bits per heavy atom. The summed E-state index contributed by atoms with van der Waals surface area (Å²) in [5.41, 5.74) is 0.0597. The van der Waals surface area contributed by atoms with E-state index in [1.165, 1.54) is 0 Å². The number of hydrogen-bond acceptors (Lipinski definition) is 3. The van der Waals surface area contributed by atoms with Crippen molar-refractivity contribution in [3.8, 4) is 0 Å². The van der Waals surface area contributed by atoms with Crippen LogP contribution in [-0.4, -0.2) is 24.7 Å². The van der Waals surface area contributed by atoms with Crippen LogP contribution in [0.5, 0.6) is 0 Å². The lowest BCUT2D eigenvalue weighted by atomic mass is 9.94. The fourth-order valence-electron chi connectivity index (χ4n) is 1.21. The summed E-state index contributed by atoms with van der Waals surface area (Å²) in [6, 6.07) is -0.103. The molecular weight excluding hydrogens is 154 g/mol. The van der Waals surface area contributed by atoms with Gasteiger partial charge >= 0.3 is 0 Å². The van der Waals surface area contributed by atoms with Gasteiger partial charge in [0, 0.05) is 5.41 Å². The number of ether oxygens (including phenoxy) is 1. The molecule has 0 bridgehead atoms. The van der Waals surface area contributed by atoms with Crippen molar-refractivity contribution >= 4 is 5.78 Å². The van der Waals surface area contributed by atoms with Crippen LogP contribution in [-0.2, 0) is 9.53 Å². The maximum atomic E-state index is 11.0. The molecule has 1 N–H and O–H groups in total. The van der Waals surface area contributed by atoms with Crippen LogP contribution in [0.4, 0.5) is 0 Å². The van der Waals surface area contributed by atoms with Crippen molar-refractivity contribution in [2.75, 3.05) is 6.61 Å². The van der Waals surface area contributed by atoms with Gasteiger partial charge in [-0.2, -0.15) is 0 Å². The number of Topliss-reactive ketones (excluding diaryl/α,β-unsaturated/α-hetero) is 1. The Kier molecular flexibility index (Phi) is 2.54. The maximum Gasteiger partial charge on any atom is 0.149 e. The number of nitrogens with one attached hydrogen (secondary N) is 1. The van der Waals surface area contributed by atoms with Crippen LogP contribution in [0.2, 0.25) is 0 Å². The highest BCUT2D eigenvalue weighted by Gasteiger charge is 2.34. The van der Waals surface area contributed by atoms with Gasteiger partial charge in [-0.15, -0.1) is 0 Å². The molecular formula is C9H17NO2. The fraction of sp³-hybridized carbons (Fsp3) is 0.889. The highest BCUT2D eigenvalue weighted by molar-refractivity contribution is 5.81. The van der Waals surface area contributed by atoms with Crippen LogP contribution >= 0.6 is 0 Å². The molecule has 0 radical (unpaired) electrons. The summed E-state index contributed by atoms with van der Waals surface area (Å²) in [7, 11) is 0. The van der Waals surface area contributed by atoms with Gasteiger partial charge in [0.25, 0.3) is 0 Å². The van der Waals surface area contributed by atoms with Crippen LogP contribution < -0.4 is 5.32 Å². The molecule has 1 aliphatic rings. The average Bonchev–Trinajstić information content (AvgIpc) is 2.30. The summed E-state index contributed by atoms with van der Waals surface area (Å²) in [4.78, 5) is 11.0. The zero-order chi connectivity index (χ0) is 9.35. The molecule has 1 saturated heterocycles. The third kappa shape index (κ3) is 2.05. The van der Waals surface area contributed by atoms with Crippen LogP contribution in [0.15, 0.2) is 0 Å². The first-order chi connectivity index (χ1) is 5.41. The summed E-state index contributed by atoms with van der Waals surface area (Å²) >= 11 is 0. The third-order valence-corrected chi connectivity index (χ3v) is 2.06. The lowest BCUT2D eigenvalue weighted by Gasteiger charge is -2.26. The standard InChI is InChI=1S/C9H17NO2/c1-6(11)7-5-12-8(10-7)9(2,3)4/h7-8,10H,5H2,1-4H3/t7-,8?/m1/s1. The van der Waals surface area contributed by atoms with Crippen molar-refractivity contribution < 1.29 is 9.53 Å². The normalized spacial score (nSPS) is 30.7. The quantitative estimate of drug-likeness (QED) is 0.638.